The first-order valence-corrected chi connectivity index (χ1v) is 9.64. The van der Waals surface area contributed by atoms with Gasteiger partial charge < -0.3 is 9.47 Å². The normalized spacial score (nSPS) is 16.6. The maximum absolute atomic E-state index is 13.3. The summed E-state index contributed by atoms with van der Waals surface area (Å²) in [6, 6.07) is 13.3. The molecule has 0 aliphatic carbocycles. The Morgan fingerprint density at radius 3 is 2.44 bits per heavy atom. The van der Waals surface area contributed by atoms with Gasteiger partial charge in [0, 0.05) is 53.6 Å². The van der Waals surface area contributed by atoms with Crippen molar-refractivity contribution in [3.05, 3.63) is 63.6 Å². The Morgan fingerprint density at radius 1 is 1.00 bits per heavy atom. The summed E-state index contributed by atoms with van der Waals surface area (Å²) in [4.78, 5) is 4.89. The summed E-state index contributed by atoms with van der Waals surface area (Å²) in [5.74, 6) is -0.201. The van der Waals surface area contributed by atoms with Gasteiger partial charge in [-0.1, -0.05) is 0 Å². The van der Waals surface area contributed by atoms with Gasteiger partial charge in [0.1, 0.15) is 5.82 Å². The van der Waals surface area contributed by atoms with Crippen LogP contribution >= 0.6 is 22.6 Å². The summed E-state index contributed by atoms with van der Waals surface area (Å²) in [5.41, 5.74) is 3.51. The Balaban J connectivity index is 1.73. The van der Waals surface area contributed by atoms with Gasteiger partial charge in [-0.2, -0.15) is 0 Å². The van der Waals surface area contributed by atoms with E-state index in [9.17, 15) is 4.39 Å². The van der Waals surface area contributed by atoms with Crippen molar-refractivity contribution in [2.45, 2.75) is 6.54 Å². The molecular formula is C20H21FIN3. The number of halogens is 2. The molecule has 1 saturated heterocycles. The van der Waals surface area contributed by atoms with Crippen LogP contribution in [-0.4, -0.2) is 47.6 Å². The summed E-state index contributed by atoms with van der Waals surface area (Å²) >= 11 is 2.37. The summed E-state index contributed by atoms with van der Waals surface area (Å²) < 4.78 is 16.7. The zero-order valence-electron chi connectivity index (χ0n) is 14.3. The Bertz CT molecular complexity index is 880. The highest BCUT2D eigenvalue weighted by Crippen LogP contribution is 2.28. The second kappa shape index (κ2) is 7.05. The third-order valence-electron chi connectivity index (χ3n) is 4.94. The molecule has 0 atom stereocenters. The first-order valence-electron chi connectivity index (χ1n) is 8.56. The molecule has 1 aliphatic heterocycles. The summed E-state index contributed by atoms with van der Waals surface area (Å²) in [5, 5.41) is 1.29. The molecule has 2 aromatic carbocycles. The minimum atomic E-state index is -0.201. The van der Waals surface area contributed by atoms with Gasteiger partial charge in [-0.25, -0.2) is 4.39 Å². The molecule has 0 saturated carbocycles. The molecule has 0 unspecified atom stereocenters. The van der Waals surface area contributed by atoms with E-state index in [1.165, 1.54) is 32.2 Å². The third kappa shape index (κ3) is 3.59. The van der Waals surface area contributed by atoms with Crippen LogP contribution in [0.25, 0.3) is 16.6 Å². The van der Waals surface area contributed by atoms with Gasteiger partial charge in [0.15, 0.2) is 0 Å². The van der Waals surface area contributed by atoms with Gasteiger partial charge in [0.05, 0.1) is 5.52 Å². The molecule has 0 N–H and O–H groups in total. The van der Waals surface area contributed by atoms with Crippen LogP contribution in [0.5, 0.6) is 0 Å². The van der Waals surface area contributed by atoms with E-state index in [1.807, 2.05) is 12.1 Å². The van der Waals surface area contributed by atoms with Gasteiger partial charge in [-0.3, -0.25) is 4.90 Å². The van der Waals surface area contributed by atoms with Gasteiger partial charge >= 0.3 is 0 Å². The van der Waals surface area contributed by atoms with Crippen molar-refractivity contribution in [3.63, 3.8) is 0 Å². The fraction of sp³-hybridized carbons (Fsp3) is 0.300. The van der Waals surface area contributed by atoms with Gasteiger partial charge in [0.25, 0.3) is 0 Å². The molecule has 1 aliphatic rings. The third-order valence-corrected chi connectivity index (χ3v) is 5.61. The van der Waals surface area contributed by atoms with Crippen LogP contribution in [0.15, 0.2) is 48.7 Å². The molecule has 130 valence electrons. The molecular weight excluding hydrogens is 428 g/mol. The van der Waals surface area contributed by atoms with E-state index < -0.39 is 0 Å². The second-order valence-electron chi connectivity index (χ2n) is 6.74. The van der Waals surface area contributed by atoms with Crippen LogP contribution in [0, 0.1) is 9.39 Å². The minimum absolute atomic E-state index is 0.201. The van der Waals surface area contributed by atoms with Crippen molar-refractivity contribution in [2.24, 2.45) is 0 Å². The molecule has 25 heavy (non-hydrogen) atoms. The second-order valence-corrected chi connectivity index (χ2v) is 7.99. The fourth-order valence-electron chi connectivity index (χ4n) is 3.46. The van der Waals surface area contributed by atoms with Crippen LogP contribution in [0.2, 0.25) is 0 Å². The maximum atomic E-state index is 13.3. The van der Waals surface area contributed by atoms with Crippen LogP contribution in [0.4, 0.5) is 4.39 Å². The first kappa shape index (κ1) is 17.0. The summed E-state index contributed by atoms with van der Waals surface area (Å²) in [6.07, 6.45) is 2.21. The predicted octanol–water partition coefficient (Wildman–Crippen LogP) is 4.12. The molecule has 1 aromatic heterocycles. The molecule has 0 radical (unpaired) electrons. The van der Waals surface area contributed by atoms with Crippen LogP contribution < -0.4 is 0 Å². The van der Waals surface area contributed by atoms with Gasteiger partial charge in [0.2, 0.25) is 0 Å². The lowest BCUT2D eigenvalue weighted by atomic mass is 10.1. The van der Waals surface area contributed by atoms with Crippen LogP contribution in [0.1, 0.15) is 5.56 Å². The zero-order valence-corrected chi connectivity index (χ0v) is 16.4. The number of benzene rings is 2. The number of hydrogen-bond acceptors (Lipinski definition) is 2. The molecule has 5 heteroatoms. The first-order chi connectivity index (χ1) is 12.1. The van der Waals surface area contributed by atoms with Crippen molar-refractivity contribution >= 4 is 33.5 Å². The highest BCUT2D eigenvalue weighted by molar-refractivity contribution is 14.1. The number of nitrogens with zero attached hydrogens (tertiary/aromatic N) is 3. The number of fused-ring (bicyclic) bond motifs is 1. The van der Waals surface area contributed by atoms with Crippen molar-refractivity contribution in [2.75, 3.05) is 33.2 Å². The number of aromatic nitrogens is 1. The van der Waals surface area contributed by atoms with Gasteiger partial charge in [-0.05, 0) is 77.7 Å². The Hall–Kier alpha value is -1.44. The largest absolute Gasteiger partial charge is 0.316 e. The van der Waals surface area contributed by atoms with Crippen molar-refractivity contribution < 1.29 is 4.39 Å². The number of piperazine rings is 1. The van der Waals surface area contributed by atoms with E-state index in [4.69, 9.17) is 0 Å². The quantitative estimate of drug-likeness (QED) is 0.558. The minimum Gasteiger partial charge on any atom is -0.316 e. The molecule has 4 rings (SSSR count). The summed E-state index contributed by atoms with van der Waals surface area (Å²) in [7, 11) is 2.18. The van der Waals surface area contributed by atoms with E-state index >= 15 is 0 Å². The predicted molar refractivity (Wildman–Crippen MR) is 109 cm³/mol. The smallest absolute Gasteiger partial charge is 0.123 e. The van der Waals surface area contributed by atoms with Crippen molar-refractivity contribution in [1.82, 2.24) is 14.4 Å². The standard InChI is InChI=1S/C20H21FIN3/c1-23-8-10-24(11-9-23)13-15-14-25(18-5-2-16(21)3-6-18)20-7-4-17(22)12-19(15)20/h2-7,12,14H,8-11,13H2,1H3. The van der Waals surface area contributed by atoms with E-state index in [-0.39, 0.29) is 5.82 Å². The monoisotopic (exact) mass is 449 g/mol. The van der Waals surface area contributed by atoms with Crippen LogP contribution in [0.3, 0.4) is 0 Å². The van der Waals surface area contributed by atoms with E-state index in [1.54, 1.807) is 0 Å². The summed E-state index contributed by atoms with van der Waals surface area (Å²) in [6.45, 7) is 5.40. The number of rotatable bonds is 3. The molecule has 1 fully saturated rings. The van der Waals surface area contributed by atoms with Crippen molar-refractivity contribution in [1.29, 1.82) is 0 Å². The van der Waals surface area contributed by atoms with E-state index in [0.29, 0.717) is 0 Å². The molecule has 0 amide bonds. The average Bonchev–Trinajstić information content (AvgIpc) is 2.95. The Labute approximate surface area is 161 Å². The van der Waals surface area contributed by atoms with Crippen LogP contribution in [-0.2, 0) is 6.54 Å². The SMILES string of the molecule is CN1CCN(Cc2cn(-c3ccc(F)cc3)c3ccc(I)cc23)CC1. The zero-order chi connectivity index (χ0) is 17.4. The Kier molecular flexibility index (Phi) is 4.80. The number of likely N-dealkylation sites (N-methyl/N-ethyl adjacent to an activating group) is 1. The topological polar surface area (TPSA) is 11.4 Å². The molecule has 0 spiro atoms. The van der Waals surface area contributed by atoms with Crippen molar-refractivity contribution in [3.8, 4) is 5.69 Å². The maximum Gasteiger partial charge on any atom is 0.123 e. The number of hydrogen-bond donors (Lipinski definition) is 0. The molecule has 0 bridgehead atoms. The van der Waals surface area contributed by atoms with E-state index in [0.717, 1.165) is 38.4 Å². The lowest BCUT2D eigenvalue weighted by Crippen LogP contribution is -2.43. The Morgan fingerprint density at radius 2 is 1.72 bits per heavy atom. The molecule has 2 heterocycles. The molecule has 3 aromatic rings. The fourth-order valence-corrected chi connectivity index (χ4v) is 3.95. The van der Waals surface area contributed by atoms with Gasteiger partial charge in [-0.15, -0.1) is 0 Å². The lowest BCUT2D eigenvalue weighted by molar-refractivity contribution is 0.148. The molecule has 3 nitrogen and oxygen atoms in total. The highest BCUT2D eigenvalue weighted by Gasteiger charge is 2.17. The lowest BCUT2D eigenvalue weighted by Gasteiger charge is -2.32. The average molecular weight is 449 g/mol. The highest BCUT2D eigenvalue weighted by atomic mass is 127. The van der Waals surface area contributed by atoms with E-state index in [2.05, 4.69) is 68.4 Å².